The molecule has 5 nitrogen and oxygen atoms in total. The predicted octanol–water partition coefficient (Wildman–Crippen LogP) is 5.03. The maximum absolute atomic E-state index is 13.1. The van der Waals surface area contributed by atoms with Gasteiger partial charge in [-0.3, -0.25) is 4.79 Å². The van der Waals surface area contributed by atoms with Gasteiger partial charge in [-0.05, 0) is 48.1 Å². The fraction of sp³-hybridized carbons (Fsp3) is 0.429. The average molecular weight is 450 g/mol. The number of halogens is 1. The molecule has 0 fully saturated rings. The number of carbonyl (C=O) groups is 1. The molecule has 1 aliphatic rings. The van der Waals surface area contributed by atoms with Gasteiger partial charge in [-0.25, -0.2) is 4.98 Å². The van der Waals surface area contributed by atoms with E-state index < -0.39 is 0 Å². The number of thioether (sulfide) groups is 1. The smallest absolute Gasteiger partial charge is 0.233 e. The van der Waals surface area contributed by atoms with Crippen LogP contribution in [0.4, 0.5) is 0 Å². The number of nitrogens with zero attached hydrogens (tertiary/aromatic N) is 3. The highest BCUT2D eigenvalue weighted by atomic mass is 35.5. The second-order valence-corrected chi connectivity index (χ2v) is 9.40. The van der Waals surface area contributed by atoms with Crippen molar-refractivity contribution in [3.8, 4) is 0 Å². The molecule has 29 heavy (non-hydrogen) atoms. The van der Waals surface area contributed by atoms with Crippen LogP contribution in [-0.4, -0.2) is 46.4 Å². The Bertz CT molecular complexity index is 1020. The number of methoxy groups -OCH3 is 1. The number of fused-ring (bicyclic) bond motifs is 2. The molecule has 0 saturated carbocycles. The van der Waals surface area contributed by atoms with Gasteiger partial charge in [0.25, 0.3) is 0 Å². The first-order chi connectivity index (χ1) is 14.1. The zero-order valence-corrected chi connectivity index (χ0v) is 18.9. The van der Waals surface area contributed by atoms with Gasteiger partial charge in [0, 0.05) is 30.1 Å². The number of amides is 1. The van der Waals surface area contributed by atoms with Crippen LogP contribution in [-0.2, 0) is 22.5 Å². The molecule has 0 aliphatic carbocycles. The average Bonchev–Trinajstić information content (AvgIpc) is 3.33. The van der Waals surface area contributed by atoms with Crippen LogP contribution in [0.15, 0.2) is 34.8 Å². The van der Waals surface area contributed by atoms with Gasteiger partial charge in [0.1, 0.15) is 0 Å². The number of rotatable bonds is 7. The lowest BCUT2D eigenvalue weighted by atomic mass is 9.98. The number of imidazole rings is 1. The van der Waals surface area contributed by atoms with Crippen molar-refractivity contribution in [1.29, 1.82) is 0 Å². The molecule has 1 amide bonds. The molecule has 0 spiro atoms. The Labute approximate surface area is 184 Å². The Morgan fingerprint density at radius 1 is 1.41 bits per heavy atom. The predicted molar refractivity (Wildman–Crippen MR) is 120 cm³/mol. The number of ether oxygens (including phenoxy) is 1. The first-order valence-electron chi connectivity index (χ1n) is 9.75. The summed E-state index contributed by atoms with van der Waals surface area (Å²) in [5, 5.41) is 3.63. The molecule has 3 aromatic rings. The molecule has 4 rings (SSSR count). The van der Waals surface area contributed by atoms with E-state index >= 15 is 0 Å². The minimum Gasteiger partial charge on any atom is -0.383 e. The van der Waals surface area contributed by atoms with Crippen LogP contribution in [0.5, 0.6) is 0 Å². The fourth-order valence-corrected chi connectivity index (χ4v) is 5.96. The molecule has 0 bridgehead atoms. The van der Waals surface area contributed by atoms with Crippen LogP contribution in [0.25, 0.3) is 11.0 Å². The molecule has 0 N–H and O–H groups in total. The van der Waals surface area contributed by atoms with Crippen molar-refractivity contribution in [3.05, 3.63) is 45.1 Å². The molecule has 0 saturated heterocycles. The molecule has 1 atom stereocenters. The highest BCUT2D eigenvalue weighted by Gasteiger charge is 2.30. The van der Waals surface area contributed by atoms with E-state index in [1.54, 1.807) is 18.4 Å². The maximum atomic E-state index is 13.1. The summed E-state index contributed by atoms with van der Waals surface area (Å²) in [6, 6.07) is 8.06. The lowest BCUT2D eigenvalue weighted by Crippen LogP contribution is -2.40. The van der Waals surface area contributed by atoms with E-state index in [2.05, 4.69) is 22.9 Å². The minimum atomic E-state index is 0.169. The van der Waals surface area contributed by atoms with Gasteiger partial charge < -0.3 is 14.2 Å². The van der Waals surface area contributed by atoms with Crippen molar-refractivity contribution in [1.82, 2.24) is 14.5 Å². The lowest BCUT2D eigenvalue weighted by molar-refractivity contribution is -0.131. The monoisotopic (exact) mass is 449 g/mol. The van der Waals surface area contributed by atoms with Crippen molar-refractivity contribution in [2.24, 2.45) is 0 Å². The van der Waals surface area contributed by atoms with Gasteiger partial charge in [-0.15, -0.1) is 11.3 Å². The Hall–Kier alpha value is -1.54. The van der Waals surface area contributed by atoms with Crippen molar-refractivity contribution in [2.45, 2.75) is 37.5 Å². The standard InChI is InChI=1S/C21H24ClN3O2S2/c1-3-17-15-7-11-28-19(15)6-8-24(17)20(26)13-29-21-23-16-12-14(22)4-5-18(16)25(21)9-10-27-2/h4-5,7,11-12,17H,3,6,8-10,13H2,1-2H3. The number of thiophene rings is 1. The quantitative estimate of drug-likeness (QED) is 0.475. The first kappa shape index (κ1) is 20.7. The second kappa shape index (κ2) is 9.08. The van der Waals surface area contributed by atoms with Gasteiger partial charge in [0.2, 0.25) is 5.91 Å². The van der Waals surface area contributed by atoms with Crippen molar-refractivity contribution < 1.29 is 9.53 Å². The Morgan fingerprint density at radius 3 is 3.07 bits per heavy atom. The van der Waals surface area contributed by atoms with E-state index in [1.807, 2.05) is 23.1 Å². The number of hydrogen-bond donors (Lipinski definition) is 0. The van der Waals surface area contributed by atoms with Crippen LogP contribution in [0.1, 0.15) is 29.8 Å². The molecule has 0 radical (unpaired) electrons. The SMILES string of the molecule is CCC1c2ccsc2CCN1C(=O)CSc1nc2cc(Cl)ccc2n1CCOC. The molecule has 154 valence electrons. The van der Waals surface area contributed by atoms with Crippen molar-refractivity contribution in [2.75, 3.05) is 26.0 Å². The van der Waals surface area contributed by atoms with Gasteiger partial charge in [0.15, 0.2) is 5.16 Å². The molecule has 8 heteroatoms. The molecule has 3 heterocycles. The third kappa shape index (κ3) is 4.19. The molecule has 1 unspecified atom stereocenters. The van der Waals surface area contributed by atoms with E-state index in [1.165, 1.54) is 22.2 Å². The minimum absolute atomic E-state index is 0.169. The molecular formula is C21H24ClN3O2S2. The first-order valence-corrected chi connectivity index (χ1v) is 12.0. The summed E-state index contributed by atoms with van der Waals surface area (Å²) in [5.41, 5.74) is 3.17. The summed E-state index contributed by atoms with van der Waals surface area (Å²) in [4.78, 5) is 21.3. The Morgan fingerprint density at radius 2 is 2.28 bits per heavy atom. The number of hydrogen-bond acceptors (Lipinski definition) is 5. The van der Waals surface area contributed by atoms with Crippen LogP contribution in [0, 0.1) is 0 Å². The third-order valence-corrected chi connectivity index (χ3v) is 7.51. The highest BCUT2D eigenvalue weighted by molar-refractivity contribution is 7.99. The van der Waals surface area contributed by atoms with Crippen LogP contribution < -0.4 is 0 Å². The van der Waals surface area contributed by atoms with E-state index in [-0.39, 0.29) is 11.9 Å². The van der Waals surface area contributed by atoms with Gasteiger partial charge in [-0.2, -0.15) is 0 Å². The van der Waals surface area contributed by atoms with E-state index in [0.29, 0.717) is 23.9 Å². The normalized spacial score (nSPS) is 16.4. The van der Waals surface area contributed by atoms with Gasteiger partial charge in [-0.1, -0.05) is 30.3 Å². The topological polar surface area (TPSA) is 47.4 Å². The van der Waals surface area contributed by atoms with E-state index in [9.17, 15) is 4.79 Å². The molecular weight excluding hydrogens is 426 g/mol. The summed E-state index contributed by atoms with van der Waals surface area (Å²) in [6.45, 7) is 4.21. The Balaban J connectivity index is 1.52. The van der Waals surface area contributed by atoms with Crippen LogP contribution >= 0.6 is 34.7 Å². The largest absolute Gasteiger partial charge is 0.383 e. The van der Waals surface area contributed by atoms with E-state index in [4.69, 9.17) is 21.3 Å². The summed E-state index contributed by atoms with van der Waals surface area (Å²) < 4.78 is 7.37. The summed E-state index contributed by atoms with van der Waals surface area (Å²) in [7, 11) is 1.69. The number of benzene rings is 1. The Kier molecular flexibility index (Phi) is 6.49. The third-order valence-electron chi connectivity index (χ3n) is 5.32. The summed E-state index contributed by atoms with van der Waals surface area (Å²) >= 11 is 9.43. The highest BCUT2D eigenvalue weighted by Crippen LogP contribution is 2.36. The van der Waals surface area contributed by atoms with Crippen LogP contribution in [0.2, 0.25) is 5.02 Å². The molecule has 1 aliphatic heterocycles. The molecule has 1 aromatic carbocycles. The zero-order chi connectivity index (χ0) is 20.4. The lowest BCUT2D eigenvalue weighted by Gasteiger charge is -2.35. The maximum Gasteiger partial charge on any atom is 0.233 e. The molecule has 2 aromatic heterocycles. The van der Waals surface area contributed by atoms with Crippen molar-refractivity contribution in [3.63, 3.8) is 0 Å². The van der Waals surface area contributed by atoms with Gasteiger partial charge >= 0.3 is 0 Å². The van der Waals surface area contributed by atoms with Crippen LogP contribution in [0.3, 0.4) is 0 Å². The van der Waals surface area contributed by atoms with Gasteiger partial charge in [0.05, 0.1) is 29.4 Å². The fourth-order valence-electron chi connectivity index (χ4n) is 3.93. The zero-order valence-electron chi connectivity index (χ0n) is 16.6. The number of aromatic nitrogens is 2. The number of carbonyl (C=O) groups excluding carboxylic acids is 1. The van der Waals surface area contributed by atoms with E-state index in [0.717, 1.165) is 35.6 Å². The second-order valence-electron chi connectivity index (χ2n) is 7.02. The van der Waals surface area contributed by atoms with Crippen molar-refractivity contribution >= 4 is 51.6 Å². The summed E-state index contributed by atoms with van der Waals surface area (Å²) in [6.07, 6.45) is 1.88. The summed E-state index contributed by atoms with van der Waals surface area (Å²) in [5.74, 6) is 0.544.